The normalized spacial score (nSPS) is 12.0. The first-order valence-electron chi connectivity index (χ1n) is 5.81. The van der Waals surface area contributed by atoms with Gasteiger partial charge in [-0.15, -0.1) is 0 Å². The number of carboxylic acid groups (broad SMARTS) is 1. The minimum absolute atomic E-state index is 0.120. The Morgan fingerprint density at radius 1 is 1.29 bits per heavy atom. The fraction of sp³-hybridized carbons (Fsp3) is 0.818. The fourth-order valence-corrected chi connectivity index (χ4v) is 1.33. The number of urea groups is 1. The predicted octanol–water partition coefficient (Wildman–Crippen LogP) is 0.606. The number of nitrogens with zero attached hydrogens (tertiary/aromatic N) is 2. The highest BCUT2D eigenvalue weighted by molar-refractivity contribution is 5.82. The third-order valence-electron chi connectivity index (χ3n) is 2.66. The summed E-state index contributed by atoms with van der Waals surface area (Å²) in [6.07, 6.45) is 1.77. The van der Waals surface area contributed by atoms with E-state index in [1.807, 2.05) is 6.92 Å². The Labute approximate surface area is 102 Å². The van der Waals surface area contributed by atoms with Crippen molar-refractivity contribution in [1.29, 1.82) is 0 Å². The summed E-state index contributed by atoms with van der Waals surface area (Å²) >= 11 is 0. The van der Waals surface area contributed by atoms with Crippen molar-refractivity contribution in [2.45, 2.75) is 32.7 Å². The van der Waals surface area contributed by atoms with Gasteiger partial charge in [-0.3, -0.25) is 0 Å². The van der Waals surface area contributed by atoms with E-state index in [1.54, 1.807) is 0 Å². The number of carbonyl (C=O) groups is 2. The molecule has 0 saturated carbocycles. The standard InChI is InChI=1S/C11H22N2O4/c1-4-5-6-13(7-8-14)11(17)12(3)9(2)10(15)16/h9,14H,4-8H2,1-3H3,(H,15,16). The molecule has 0 aromatic heterocycles. The average Bonchev–Trinajstić information content (AvgIpc) is 2.31. The first-order valence-corrected chi connectivity index (χ1v) is 5.81. The van der Waals surface area contributed by atoms with Crippen molar-refractivity contribution in [2.75, 3.05) is 26.7 Å². The van der Waals surface area contributed by atoms with E-state index in [-0.39, 0.29) is 19.2 Å². The molecule has 0 radical (unpaired) electrons. The molecule has 1 atom stereocenters. The van der Waals surface area contributed by atoms with Gasteiger partial charge >= 0.3 is 12.0 Å². The first kappa shape index (κ1) is 15.7. The van der Waals surface area contributed by atoms with Gasteiger partial charge in [0, 0.05) is 20.1 Å². The molecule has 0 fully saturated rings. The van der Waals surface area contributed by atoms with Gasteiger partial charge in [-0.05, 0) is 13.3 Å². The van der Waals surface area contributed by atoms with Crippen LogP contribution in [-0.2, 0) is 4.79 Å². The molecule has 0 heterocycles. The SMILES string of the molecule is CCCCN(CCO)C(=O)N(C)C(C)C(=O)O. The van der Waals surface area contributed by atoms with Gasteiger partial charge in [-0.2, -0.15) is 0 Å². The van der Waals surface area contributed by atoms with Gasteiger partial charge in [0.2, 0.25) is 0 Å². The Bertz CT molecular complexity index is 258. The second kappa shape index (κ2) is 7.89. The number of aliphatic carboxylic acids is 1. The topological polar surface area (TPSA) is 81.1 Å². The number of aliphatic hydroxyl groups excluding tert-OH is 1. The number of rotatable bonds is 7. The van der Waals surface area contributed by atoms with Crippen molar-refractivity contribution < 1.29 is 19.8 Å². The van der Waals surface area contributed by atoms with Gasteiger partial charge in [-0.1, -0.05) is 13.3 Å². The van der Waals surface area contributed by atoms with Crippen molar-refractivity contribution in [3.63, 3.8) is 0 Å². The molecule has 0 aromatic rings. The summed E-state index contributed by atoms with van der Waals surface area (Å²) in [6, 6.07) is -1.23. The molecule has 0 bridgehead atoms. The summed E-state index contributed by atoms with van der Waals surface area (Å²) in [5.74, 6) is -1.04. The largest absolute Gasteiger partial charge is 0.480 e. The number of amides is 2. The Hall–Kier alpha value is -1.30. The Morgan fingerprint density at radius 2 is 1.88 bits per heavy atom. The third kappa shape index (κ3) is 5.04. The minimum Gasteiger partial charge on any atom is -0.480 e. The van der Waals surface area contributed by atoms with Gasteiger partial charge in [0.05, 0.1) is 6.61 Å². The lowest BCUT2D eigenvalue weighted by molar-refractivity contribution is -0.141. The van der Waals surface area contributed by atoms with Crippen LogP contribution in [0, 0.1) is 0 Å². The van der Waals surface area contributed by atoms with Crippen LogP contribution in [0.4, 0.5) is 4.79 Å². The van der Waals surface area contributed by atoms with E-state index < -0.39 is 12.0 Å². The van der Waals surface area contributed by atoms with Crippen LogP contribution in [0.1, 0.15) is 26.7 Å². The molecular formula is C11H22N2O4. The van der Waals surface area contributed by atoms with Crippen LogP contribution in [0.5, 0.6) is 0 Å². The van der Waals surface area contributed by atoms with Crippen molar-refractivity contribution >= 4 is 12.0 Å². The van der Waals surface area contributed by atoms with Crippen LogP contribution in [-0.4, -0.2) is 64.8 Å². The smallest absolute Gasteiger partial charge is 0.326 e. The van der Waals surface area contributed by atoms with Crippen LogP contribution in [0.15, 0.2) is 0 Å². The van der Waals surface area contributed by atoms with Crippen LogP contribution in [0.25, 0.3) is 0 Å². The van der Waals surface area contributed by atoms with Gasteiger partial charge in [0.25, 0.3) is 0 Å². The molecule has 17 heavy (non-hydrogen) atoms. The molecule has 2 N–H and O–H groups in total. The zero-order chi connectivity index (χ0) is 13.4. The van der Waals surface area contributed by atoms with E-state index in [4.69, 9.17) is 10.2 Å². The third-order valence-corrected chi connectivity index (χ3v) is 2.66. The molecule has 0 aliphatic rings. The van der Waals surface area contributed by atoms with E-state index in [2.05, 4.69) is 0 Å². The number of carbonyl (C=O) groups excluding carboxylic acids is 1. The number of hydrogen-bond acceptors (Lipinski definition) is 3. The summed E-state index contributed by atoms with van der Waals surface area (Å²) in [5, 5.41) is 17.7. The van der Waals surface area contributed by atoms with Crippen LogP contribution in [0.2, 0.25) is 0 Å². The highest BCUT2D eigenvalue weighted by atomic mass is 16.4. The molecule has 0 saturated heterocycles. The molecule has 1 unspecified atom stereocenters. The quantitative estimate of drug-likeness (QED) is 0.689. The number of hydrogen-bond donors (Lipinski definition) is 2. The predicted molar refractivity (Wildman–Crippen MR) is 63.8 cm³/mol. The maximum Gasteiger partial charge on any atom is 0.326 e. The monoisotopic (exact) mass is 246 g/mol. The number of likely N-dealkylation sites (N-methyl/N-ethyl adjacent to an activating group) is 1. The summed E-state index contributed by atoms with van der Waals surface area (Å²) in [4.78, 5) is 25.4. The Balaban J connectivity index is 4.52. The maximum atomic E-state index is 12.0. The molecule has 100 valence electrons. The van der Waals surface area contributed by atoms with Gasteiger partial charge in [0.15, 0.2) is 0 Å². The summed E-state index contributed by atoms with van der Waals surface area (Å²) < 4.78 is 0. The van der Waals surface area contributed by atoms with Crippen LogP contribution < -0.4 is 0 Å². The van der Waals surface area contributed by atoms with E-state index in [0.29, 0.717) is 6.54 Å². The number of aliphatic hydroxyl groups is 1. The number of unbranched alkanes of at least 4 members (excludes halogenated alkanes) is 1. The van der Waals surface area contributed by atoms with Crippen molar-refractivity contribution in [2.24, 2.45) is 0 Å². The van der Waals surface area contributed by atoms with Crippen molar-refractivity contribution in [1.82, 2.24) is 9.80 Å². The highest BCUT2D eigenvalue weighted by Gasteiger charge is 2.25. The molecular weight excluding hydrogens is 224 g/mol. The van der Waals surface area contributed by atoms with Gasteiger partial charge in [0.1, 0.15) is 6.04 Å². The minimum atomic E-state index is -1.04. The summed E-state index contributed by atoms with van der Waals surface area (Å²) in [6.45, 7) is 4.11. The highest BCUT2D eigenvalue weighted by Crippen LogP contribution is 2.04. The molecule has 0 spiro atoms. The molecule has 0 rings (SSSR count). The van der Waals surface area contributed by atoms with E-state index in [0.717, 1.165) is 12.8 Å². The zero-order valence-corrected chi connectivity index (χ0v) is 10.7. The molecule has 0 aliphatic heterocycles. The van der Waals surface area contributed by atoms with E-state index in [9.17, 15) is 9.59 Å². The first-order chi connectivity index (χ1) is 7.95. The molecule has 0 aliphatic carbocycles. The second-order valence-corrected chi connectivity index (χ2v) is 3.97. The van der Waals surface area contributed by atoms with Crippen molar-refractivity contribution in [3.8, 4) is 0 Å². The second-order valence-electron chi connectivity index (χ2n) is 3.97. The molecule has 2 amide bonds. The van der Waals surface area contributed by atoms with Crippen LogP contribution >= 0.6 is 0 Å². The molecule has 6 heteroatoms. The maximum absolute atomic E-state index is 12.0. The summed E-state index contributed by atoms with van der Waals surface area (Å²) in [7, 11) is 1.46. The Kier molecular flexibility index (Phi) is 7.29. The van der Waals surface area contributed by atoms with E-state index >= 15 is 0 Å². The van der Waals surface area contributed by atoms with Crippen LogP contribution in [0.3, 0.4) is 0 Å². The molecule has 0 aromatic carbocycles. The average molecular weight is 246 g/mol. The van der Waals surface area contributed by atoms with E-state index in [1.165, 1.54) is 23.8 Å². The van der Waals surface area contributed by atoms with Gasteiger partial charge in [-0.25, -0.2) is 9.59 Å². The number of carboxylic acids is 1. The Morgan fingerprint density at radius 3 is 2.29 bits per heavy atom. The van der Waals surface area contributed by atoms with Gasteiger partial charge < -0.3 is 20.0 Å². The van der Waals surface area contributed by atoms with Crippen molar-refractivity contribution in [3.05, 3.63) is 0 Å². The lowest BCUT2D eigenvalue weighted by Gasteiger charge is -2.29. The lowest BCUT2D eigenvalue weighted by Crippen LogP contribution is -2.48. The lowest BCUT2D eigenvalue weighted by atomic mass is 10.3. The zero-order valence-electron chi connectivity index (χ0n) is 10.7. The fourth-order valence-electron chi connectivity index (χ4n) is 1.33. The molecule has 6 nitrogen and oxygen atoms in total. The summed E-state index contributed by atoms with van der Waals surface area (Å²) in [5.41, 5.74) is 0.